The van der Waals surface area contributed by atoms with Gasteiger partial charge < -0.3 is 121 Å². The van der Waals surface area contributed by atoms with Gasteiger partial charge in [0.2, 0.25) is 0 Å². The summed E-state index contributed by atoms with van der Waals surface area (Å²) in [6, 6.07) is 11.7. The van der Waals surface area contributed by atoms with Crippen LogP contribution in [0.5, 0.6) is 0 Å². The van der Waals surface area contributed by atoms with E-state index in [0.717, 1.165) is 0 Å². The molecule has 6 aromatic heterocycles. The molecule has 3 aliphatic rings. The first-order chi connectivity index (χ1) is 62.9. The van der Waals surface area contributed by atoms with Crippen LogP contribution in [0.2, 0.25) is 0 Å². The van der Waals surface area contributed by atoms with E-state index in [4.69, 9.17) is 60.8 Å². The highest BCUT2D eigenvalue weighted by molar-refractivity contribution is 7.68. The van der Waals surface area contributed by atoms with Crippen LogP contribution >= 0.6 is 70.4 Å². The third-order valence-electron chi connectivity index (χ3n) is 18.2. The summed E-state index contributed by atoms with van der Waals surface area (Å²) in [6.45, 7) is 2.74. The third kappa shape index (κ3) is 30.2. The van der Waals surface area contributed by atoms with Gasteiger partial charge in [-0.25, -0.2) is 85.9 Å². The van der Waals surface area contributed by atoms with Gasteiger partial charge in [0, 0.05) is 54.2 Å². The minimum absolute atomic E-state index is 0.0926. The zero-order valence-electron chi connectivity index (χ0n) is 68.6. The van der Waals surface area contributed by atoms with Crippen LogP contribution in [0.25, 0.3) is 33.5 Å². The summed E-state index contributed by atoms with van der Waals surface area (Å²) in [7, 11) is -50.2. The molecule has 3 fully saturated rings. The molecule has 732 valence electrons. The molecule has 3 aromatic carbocycles. The van der Waals surface area contributed by atoms with Gasteiger partial charge in [0.25, 0.3) is 17.1 Å². The van der Waals surface area contributed by atoms with Crippen molar-refractivity contribution in [1.29, 1.82) is 0 Å². The molecule has 3 aliphatic heterocycles. The maximum Gasteiger partial charge on any atom is 0.490 e. The number of ether oxygens (including phenoxy) is 3. The number of rotatable bonds is 36. The third-order valence-corrected chi connectivity index (χ3v) is 29.6. The Morgan fingerprint density at radius 2 is 0.644 bits per heavy atom. The van der Waals surface area contributed by atoms with E-state index in [1.807, 2.05) is 0 Å². The van der Waals surface area contributed by atoms with E-state index < -0.39 is 178 Å². The Hall–Kier alpha value is -9.54. The van der Waals surface area contributed by atoms with E-state index >= 15 is 0 Å². The number of nitrogens with two attached hydrogens (primary N) is 3. The number of benzene rings is 3. The summed E-state index contributed by atoms with van der Waals surface area (Å²) in [5, 5.41) is 75.9. The van der Waals surface area contributed by atoms with Crippen molar-refractivity contribution in [2.75, 3.05) is 55.4 Å². The number of fused-ring (bicyclic) bond motifs is 3. The highest BCUT2D eigenvalue weighted by Crippen LogP contribution is 2.69. The zero-order valence-corrected chi connectivity index (χ0v) is 76.7. The quantitative estimate of drug-likeness (QED) is 0.0115. The first-order valence-electron chi connectivity index (χ1n) is 37.5. The standard InChI is InChI=1S/3C21H26N7O14P3/c3*1-12(14-5-4-13(3-2-6-22)7-15(14)28(30)31)26-20-19-21(24-10-23-20)27(11-25-19)18-8-16(29)17(40-18)9-39-44(35,36)42-45(37,38)41-43(32,33)34/h3*4-5,7,10-12,16-18,29H,6,8-9,22H2,1H3,(H,35,36)(H,37,38)(H,23,24,26)(H2,32,33,34)/t12?,16-,17-,18-;12-,16+,17+,18+;12-,16-,17-,18-/m101/s1. The fourth-order valence-corrected chi connectivity index (χ4v) is 21.9. The fourth-order valence-electron chi connectivity index (χ4n) is 12.8. The van der Waals surface area contributed by atoms with Gasteiger partial charge in [-0.1, -0.05) is 35.5 Å². The highest BCUT2D eigenvalue weighted by atomic mass is 31.3. The molecule has 12 rings (SSSR count). The Kier molecular flexibility index (Phi) is 35.4. The van der Waals surface area contributed by atoms with Gasteiger partial charge in [0.1, 0.15) is 56.0 Å². The largest absolute Gasteiger partial charge is 0.490 e. The van der Waals surface area contributed by atoms with Crippen LogP contribution in [0.15, 0.2) is 92.6 Å². The maximum absolute atomic E-state index is 12.0. The van der Waals surface area contributed by atoms with Crippen LogP contribution < -0.4 is 33.2 Å². The lowest BCUT2D eigenvalue weighted by Gasteiger charge is -2.19. The van der Waals surface area contributed by atoms with E-state index in [0.29, 0.717) is 33.4 Å². The van der Waals surface area contributed by atoms with E-state index in [1.54, 1.807) is 57.2 Å². The Bertz CT molecular complexity index is 5980. The van der Waals surface area contributed by atoms with E-state index in [1.165, 1.54) is 69.9 Å². The lowest BCUT2D eigenvalue weighted by Crippen LogP contribution is -2.26. The molecule has 0 amide bonds. The average Bonchev–Trinajstić information content (AvgIpc) is 1.63. The number of hydrogen-bond donors (Lipinski definition) is 21. The molecular weight excluding hydrogens is 2000 g/mol. The number of hydrogen-bond acceptors (Lipinski definition) is 45. The molecule has 72 heteroatoms. The lowest BCUT2D eigenvalue weighted by molar-refractivity contribution is -0.385. The first kappa shape index (κ1) is 107. The molecule has 0 radical (unpaired) electrons. The number of nitrogens with one attached hydrogen (secondary N) is 3. The van der Waals surface area contributed by atoms with Crippen LogP contribution in [0.4, 0.5) is 34.5 Å². The van der Waals surface area contributed by atoms with Gasteiger partial charge in [0.05, 0.1) is 126 Å². The lowest BCUT2D eigenvalue weighted by atomic mass is 10.0. The second-order valence-corrected chi connectivity index (χ2v) is 41.1. The predicted molar refractivity (Wildman–Crippen MR) is 452 cm³/mol. The number of nitrogens with zero attached hydrogens (tertiary/aromatic N) is 15. The number of nitro benzene ring substituents is 3. The summed E-state index contributed by atoms with van der Waals surface area (Å²) >= 11 is 0. The summed E-state index contributed by atoms with van der Waals surface area (Å²) in [5.74, 6) is 16.8. The van der Waals surface area contributed by atoms with Gasteiger partial charge in [-0.3, -0.25) is 57.6 Å². The number of imidazole rings is 3. The molecule has 0 spiro atoms. The second-order valence-electron chi connectivity index (χ2n) is 27.8. The van der Waals surface area contributed by atoms with Crippen LogP contribution in [-0.2, 0) is 94.7 Å². The van der Waals surface area contributed by atoms with E-state index in [9.17, 15) is 116 Å². The number of aromatic nitrogens is 12. The minimum Gasteiger partial charge on any atom is -0.390 e. The Balaban J connectivity index is 0.000000209. The molecule has 0 saturated carbocycles. The van der Waals surface area contributed by atoms with Crippen molar-refractivity contribution in [1.82, 2.24) is 58.6 Å². The van der Waals surface area contributed by atoms with Gasteiger partial charge >= 0.3 is 70.4 Å². The molecule has 18 atom stereocenters. The summed E-state index contributed by atoms with van der Waals surface area (Å²) in [6.07, 6.45) is -3.25. The van der Waals surface area contributed by atoms with Crippen molar-refractivity contribution < 1.29 is 184 Å². The average molecular weight is 2080 g/mol. The van der Waals surface area contributed by atoms with Crippen LogP contribution in [0.1, 0.15) is 110 Å². The highest BCUT2D eigenvalue weighted by Gasteiger charge is 2.48. The van der Waals surface area contributed by atoms with Crippen molar-refractivity contribution >= 4 is 138 Å². The molecule has 3 saturated heterocycles. The SMILES string of the molecule is CC(Nc1ncnc2c1ncn2[C@H]1C[C@@H](O)[C@@H](COP(=O)(O)OP(=O)(O)OP(=O)(O)O)O1)c1ccc(C#CCN)cc1[N+](=O)[O-].C[C@@H](Nc1ncnc2c1ncn2[C@H]1C[C@@H](O)[C@@H](COP(=O)(O)OP(=O)(O)OP(=O)(O)O)O1)c1ccc(C#CCN)cc1[N+](=O)[O-].C[C@H](Nc1ncnc2c1ncn2[C@H]1C[C@@H](O)[C@@H](COP(=O)(O)OP(=O)(O)OP(=O)(O)O)O1)c1ccc(C#CCN)cc1[N+](=O)[O-]. The molecule has 0 bridgehead atoms. The smallest absolute Gasteiger partial charge is 0.390 e. The molecule has 63 nitrogen and oxygen atoms in total. The summed E-state index contributed by atoms with van der Waals surface area (Å²) < 4.78 is 160. The topological polar surface area (TPSA) is 942 Å². The number of nitro groups is 3. The monoisotopic (exact) mass is 2080 g/mol. The van der Waals surface area contributed by atoms with Crippen molar-refractivity contribution in [3.8, 4) is 35.5 Å². The Morgan fingerprint density at radius 1 is 0.400 bits per heavy atom. The fraction of sp³-hybridized carbons (Fsp3) is 0.381. The number of phosphoric ester groups is 3. The molecule has 135 heavy (non-hydrogen) atoms. The van der Waals surface area contributed by atoms with E-state index in [-0.39, 0.29) is 107 Å². The molecule has 0 aliphatic carbocycles. The number of aliphatic hydroxyl groups excluding tert-OH is 3. The maximum atomic E-state index is 12.0. The predicted octanol–water partition coefficient (Wildman–Crippen LogP) is 3.63. The van der Waals surface area contributed by atoms with Crippen LogP contribution in [-0.4, -0.2) is 223 Å². The first-order valence-corrected chi connectivity index (χ1v) is 51.1. The van der Waals surface area contributed by atoms with Crippen LogP contribution in [0, 0.1) is 65.9 Å². The van der Waals surface area contributed by atoms with E-state index in [2.05, 4.69) is 136 Å². The molecule has 24 N–H and O–H groups in total. The van der Waals surface area contributed by atoms with Crippen molar-refractivity contribution in [3.63, 3.8) is 0 Å². The molecule has 9 heterocycles. The Morgan fingerprint density at radius 3 is 0.867 bits per heavy atom. The second kappa shape index (κ2) is 44.5. The summed E-state index contributed by atoms with van der Waals surface area (Å²) in [4.78, 5) is 180. The minimum atomic E-state index is -5.72. The van der Waals surface area contributed by atoms with Gasteiger partial charge in [-0.2, -0.15) is 25.9 Å². The number of anilines is 3. The molecule has 7 unspecified atom stereocenters. The molecule has 9 aromatic rings. The van der Waals surface area contributed by atoms with Crippen molar-refractivity contribution in [3.05, 3.63) is 156 Å². The van der Waals surface area contributed by atoms with Crippen molar-refractivity contribution in [2.24, 2.45) is 17.2 Å². The normalized spacial score (nSPS) is 21.8. The number of phosphoric acid groups is 9. The molecular formula is C63H78N21O42P9. The van der Waals surface area contributed by atoms with Gasteiger partial charge in [-0.05, 0) is 57.2 Å². The Labute approximate surface area is 755 Å². The van der Waals surface area contributed by atoms with Crippen LogP contribution in [0.3, 0.4) is 0 Å². The van der Waals surface area contributed by atoms with Crippen molar-refractivity contribution in [2.45, 2.75) is 113 Å². The van der Waals surface area contributed by atoms with Gasteiger partial charge in [0.15, 0.2) is 50.9 Å². The zero-order chi connectivity index (χ0) is 99.5. The summed E-state index contributed by atoms with van der Waals surface area (Å²) in [5.41, 5.74) is 19.3. The van der Waals surface area contributed by atoms with Gasteiger partial charge in [-0.15, -0.1) is 0 Å². The number of aliphatic hydroxyl groups is 3.